The van der Waals surface area contributed by atoms with Crippen LogP contribution < -0.4 is 0 Å². The molecule has 0 aliphatic rings. The second-order valence-corrected chi connectivity index (χ2v) is 4.35. The molecule has 0 amide bonds. The summed E-state index contributed by atoms with van der Waals surface area (Å²) in [6.07, 6.45) is -0.835. The van der Waals surface area contributed by atoms with Crippen molar-refractivity contribution in [3.05, 3.63) is 35.9 Å². The molecule has 0 heterocycles. The Morgan fingerprint density at radius 3 is 2.53 bits per heavy atom. The van der Waals surface area contributed by atoms with Crippen molar-refractivity contribution in [1.82, 2.24) is 0 Å². The van der Waals surface area contributed by atoms with Gasteiger partial charge in [0.1, 0.15) is 10.9 Å². The third-order valence-corrected chi connectivity index (χ3v) is 2.15. The number of ether oxygens (including phenoxy) is 1. The molecule has 78 valence electrons. The zero-order valence-electron chi connectivity index (χ0n) is 8.18. The number of rotatable bonds is 3. The zero-order chi connectivity index (χ0) is 11.3. The van der Waals surface area contributed by atoms with Gasteiger partial charge in [-0.05, 0) is 6.92 Å². The van der Waals surface area contributed by atoms with Crippen LogP contribution in [0.5, 0.6) is 0 Å². The average molecular weight is 268 g/mol. The summed E-state index contributed by atoms with van der Waals surface area (Å²) in [7, 11) is 0. The molecule has 0 radical (unpaired) electrons. The van der Waals surface area contributed by atoms with Crippen LogP contribution in [0.25, 0.3) is 0 Å². The van der Waals surface area contributed by atoms with Gasteiger partial charge in [0.2, 0.25) is 6.10 Å². The van der Waals surface area contributed by atoms with Gasteiger partial charge in [0.15, 0.2) is 0 Å². The Balaban J connectivity index is 2.75. The largest absolute Gasteiger partial charge is 0.441 e. The van der Waals surface area contributed by atoms with E-state index in [-0.39, 0.29) is 0 Å². The first kappa shape index (κ1) is 11.7. The number of carbonyl (C=O) groups excluding carboxylic acids is 1. The van der Waals surface area contributed by atoms with E-state index in [1.165, 1.54) is 0 Å². The van der Waals surface area contributed by atoms with Crippen LogP contribution in [0.4, 0.5) is 0 Å². The standard InChI is InChI=1S/C11H10BrNO2/c1-8(12)11(14)15-10(7-13)9-5-3-2-4-6-9/h2-6,8,10H,1H3/t8?,10-/m1/s1. The van der Waals surface area contributed by atoms with Gasteiger partial charge >= 0.3 is 5.97 Å². The minimum atomic E-state index is -0.835. The van der Waals surface area contributed by atoms with Crippen molar-refractivity contribution in [2.24, 2.45) is 0 Å². The van der Waals surface area contributed by atoms with Gasteiger partial charge in [-0.1, -0.05) is 46.3 Å². The Hall–Kier alpha value is -1.34. The van der Waals surface area contributed by atoms with E-state index in [2.05, 4.69) is 15.9 Å². The topological polar surface area (TPSA) is 50.1 Å². The predicted molar refractivity (Wildman–Crippen MR) is 59.3 cm³/mol. The van der Waals surface area contributed by atoms with Gasteiger partial charge in [-0.15, -0.1) is 0 Å². The van der Waals surface area contributed by atoms with Crippen LogP contribution in [0.3, 0.4) is 0 Å². The summed E-state index contributed by atoms with van der Waals surface area (Å²) >= 11 is 3.09. The molecule has 3 nitrogen and oxygen atoms in total. The first-order chi connectivity index (χ1) is 7.15. The molecule has 0 aliphatic heterocycles. The Bertz CT molecular complexity index is 370. The fourth-order valence-electron chi connectivity index (χ4n) is 1.01. The van der Waals surface area contributed by atoms with Crippen molar-refractivity contribution < 1.29 is 9.53 Å². The second-order valence-electron chi connectivity index (χ2n) is 2.97. The van der Waals surface area contributed by atoms with Gasteiger partial charge in [-0.3, -0.25) is 4.79 Å². The summed E-state index contributed by atoms with van der Waals surface area (Å²) in [6.45, 7) is 1.65. The van der Waals surface area contributed by atoms with E-state index in [4.69, 9.17) is 10.00 Å². The van der Waals surface area contributed by atoms with Gasteiger partial charge in [0.05, 0.1) is 0 Å². The Kier molecular flexibility index (Phi) is 4.32. The summed E-state index contributed by atoms with van der Waals surface area (Å²) in [4.78, 5) is 10.9. The smallest absolute Gasteiger partial charge is 0.321 e. The van der Waals surface area contributed by atoms with Gasteiger partial charge in [-0.2, -0.15) is 5.26 Å². The molecule has 0 N–H and O–H groups in total. The number of hydrogen-bond acceptors (Lipinski definition) is 3. The average Bonchev–Trinajstić information content (AvgIpc) is 2.26. The molecule has 0 aromatic heterocycles. The molecule has 1 rings (SSSR count). The highest BCUT2D eigenvalue weighted by molar-refractivity contribution is 9.10. The first-order valence-electron chi connectivity index (χ1n) is 4.44. The molecular formula is C11H10BrNO2. The van der Waals surface area contributed by atoms with Crippen molar-refractivity contribution in [3.63, 3.8) is 0 Å². The number of esters is 1. The zero-order valence-corrected chi connectivity index (χ0v) is 9.77. The number of nitriles is 1. The first-order valence-corrected chi connectivity index (χ1v) is 5.36. The van der Waals surface area contributed by atoms with E-state index in [0.717, 1.165) is 0 Å². The summed E-state index contributed by atoms with van der Waals surface area (Å²) in [5.74, 6) is -0.439. The Labute approximate surface area is 96.8 Å². The van der Waals surface area contributed by atoms with Crippen LogP contribution in [-0.2, 0) is 9.53 Å². The maximum Gasteiger partial charge on any atom is 0.321 e. The summed E-state index contributed by atoms with van der Waals surface area (Å²) in [5.41, 5.74) is 0.682. The Morgan fingerprint density at radius 1 is 1.47 bits per heavy atom. The van der Waals surface area contributed by atoms with Gasteiger partial charge in [0.25, 0.3) is 0 Å². The van der Waals surface area contributed by atoms with Gasteiger partial charge in [0, 0.05) is 5.56 Å². The van der Waals surface area contributed by atoms with Crippen LogP contribution in [0, 0.1) is 11.3 Å². The molecule has 15 heavy (non-hydrogen) atoms. The van der Waals surface area contributed by atoms with Crippen LogP contribution in [0.15, 0.2) is 30.3 Å². The second kappa shape index (κ2) is 5.52. The normalized spacial score (nSPS) is 13.7. The number of alkyl halides is 1. The van der Waals surface area contributed by atoms with Gasteiger partial charge in [-0.25, -0.2) is 0 Å². The highest BCUT2D eigenvalue weighted by Gasteiger charge is 2.18. The number of benzene rings is 1. The molecule has 1 unspecified atom stereocenters. The summed E-state index contributed by atoms with van der Waals surface area (Å²) in [6, 6.07) is 10.9. The van der Waals surface area contributed by atoms with Crippen molar-refractivity contribution in [2.75, 3.05) is 0 Å². The molecule has 0 aliphatic carbocycles. The fraction of sp³-hybridized carbons (Fsp3) is 0.273. The molecule has 0 saturated carbocycles. The maximum absolute atomic E-state index is 11.3. The van der Waals surface area contributed by atoms with E-state index >= 15 is 0 Å². The highest BCUT2D eigenvalue weighted by atomic mass is 79.9. The number of nitrogens with zero attached hydrogens (tertiary/aromatic N) is 1. The monoisotopic (exact) mass is 267 g/mol. The van der Waals surface area contributed by atoms with E-state index in [1.807, 2.05) is 12.1 Å². The van der Waals surface area contributed by atoms with Crippen molar-refractivity contribution in [3.8, 4) is 6.07 Å². The molecule has 1 aromatic rings. The molecule has 0 saturated heterocycles. The van der Waals surface area contributed by atoms with Gasteiger partial charge < -0.3 is 4.74 Å². The molecular weight excluding hydrogens is 258 g/mol. The molecule has 4 heteroatoms. The third kappa shape index (κ3) is 3.37. The maximum atomic E-state index is 11.3. The fourth-order valence-corrected chi connectivity index (χ4v) is 1.11. The van der Waals surface area contributed by atoms with Crippen LogP contribution >= 0.6 is 15.9 Å². The predicted octanol–water partition coefficient (Wildman–Crippen LogP) is 2.58. The third-order valence-electron chi connectivity index (χ3n) is 1.78. The minimum absolute atomic E-state index is 0.405. The lowest BCUT2D eigenvalue weighted by Crippen LogP contribution is -2.17. The lowest BCUT2D eigenvalue weighted by Gasteiger charge is -2.11. The van der Waals surface area contributed by atoms with E-state index < -0.39 is 16.9 Å². The van der Waals surface area contributed by atoms with Crippen LogP contribution in [-0.4, -0.2) is 10.8 Å². The van der Waals surface area contributed by atoms with E-state index in [1.54, 1.807) is 31.2 Å². The molecule has 1 aromatic carbocycles. The quantitative estimate of drug-likeness (QED) is 0.625. The minimum Gasteiger partial charge on any atom is -0.441 e. The molecule has 0 fully saturated rings. The summed E-state index contributed by atoms with van der Waals surface area (Å²) in [5, 5.41) is 8.87. The molecule has 0 bridgehead atoms. The van der Waals surface area contributed by atoms with Crippen LogP contribution in [0.2, 0.25) is 0 Å². The number of carbonyl (C=O) groups is 1. The summed E-state index contributed by atoms with van der Waals surface area (Å²) < 4.78 is 5.00. The van der Waals surface area contributed by atoms with Crippen LogP contribution in [0.1, 0.15) is 18.6 Å². The number of halogens is 1. The van der Waals surface area contributed by atoms with E-state index in [9.17, 15) is 4.79 Å². The van der Waals surface area contributed by atoms with Crippen molar-refractivity contribution in [1.29, 1.82) is 5.26 Å². The SMILES string of the molecule is CC(Br)C(=O)O[C@H](C#N)c1ccccc1. The highest BCUT2D eigenvalue weighted by Crippen LogP contribution is 2.17. The lowest BCUT2D eigenvalue weighted by atomic mass is 10.1. The van der Waals surface area contributed by atoms with Crippen molar-refractivity contribution >= 4 is 21.9 Å². The Morgan fingerprint density at radius 2 is 2.07 bits per heavy atom. The van der Waals surface area contributed by atoms with E-state index in [0.29, 0.717) is 5.56 Å². The molecule has 0 spiro atoms. The number of hydrogen-bond donors (Lipinski definition) is 0. The molecule has 2 atom stereocenters. The van der Waals surface area contributed by atoms with Crippen molar-refractivity contribution in [2.45, 2.75) is 17.9 Å². The lowest BCUT2D eigenvalue weighted by molar-refractivity contribution is -0.145.